The molecule has 0 fully saturated rings. The van der Waals surface area contributed by atoms with Gasteiger partial charge in [0.2, 0.25) is 17.7 Å². The number of nitrogens with one attached hydrogen (secondary N) is 2. The third-order valence-electron chi connectivity index (χ3n) is 5.28. The largest absolute Gasteiger partial charge is 0.444 e. The Kier molecular flexibility index (Phi) is 11.1. The van der Waals surface area contributed by atoms with Gasteiger partial charge in [0.1, 0.15) is 17.7 Å². The summed E-state index contributed by atoms with van der Waals surface area (Å²) in [5.41, 5.74) is 5.85. The number of aliphatic hydroxyl groups excluding tert-OH is 1. The van der Waals surface area contributed by atoms with Gasteiger partial charge in [0.15, 0.2) is 0 Å². The SMILES string of the molecule is CC(C)(C)OC(=O)NC(CCC(N)=O)C(=O)N(CCO)C(C(=O)NCc1ccccc1)c1ccccc1. The number of hydrogen-bond donors (Lipinski definition) is 4. The Labute approximate surface area is 217 Å². The third kappa shape index (κ3) is 9.92. The Morgan fingerprint density at radius 2 is 1.59 bits per heavy atom. The lowest BCUT2D eigenvalue weighted by molar-refractivity contribution is -0.143. The Morgan fingerprint density at radius 3 is 2.14 bits per heavy atom. The van der Waals surface area contributed by atoms with Crippen LogP contribution in [0.2, 0.25) is 0 Å². The van der Waals surface area contributed by atoms with Gasteiger partial charge in [-0.05, 0) is 38.3 Å². The molecule has 2 aromatic rings. The molecule has 4 amide bonds. The average Bonchev–Trinajstić information content (AvgIpc) is 2.84. The summed E-state index contributed by atoms with van der Waals surface area (Å²) in [7, 11) is 0. The van der Waals surface area contributed by atoms with Gasteiger partial charge in [-0.2, -0.15) is 0 Å². The highest BCUT2D eigenvalue weighted by Crippen LogP contribution is 2.23. The maximum Gasteiger partial charge on any atom is 0.408 e. The van der Waals surface area contributed by atoms with Crippen LogP contribution in [0.4, 0.5) is 4.79 Å². The van der Waals surface area contributed by atoms with E-state index in [1.54, 1.807) is 51.1 Å². The molecule has 0 heterocycles. The standard InChI is InChI=1S/C27H36N4O6/c1-27(2,3)37-26(36)30-21(14-15-22(28)33)25(35)31(16-17-32)23(20-12-8-5-9-13-20)24(34)29-18-19-10-6-4-7-11-19/h4-13,21,23,32H,14-18H2,1-3H3,(H2,28,33)(H,29,34)(H,30,36). The van der Waals surface area contributed by atoms with Crippen LogP contribution < -0.4 is 16.4 Å². The number of aliphatic hydroxyl groups is 1. The fourth-order valence-corrected chi connectivity index (χ4v) is 3.66. The molecule has 0 aliphatic rings. The summed E-state index contributed by atoms with van der Waals surface area (Å²) < 4.78 is 5.28. The van der Waals surface area contributed by atoms with Crippen molar-refractivity contribution in [3.8, 4) is 0 Å². The van der Waals surface area contributed by atoms with E-state index >= 15 is 0 Å². The van der Waals surface area contributed by atoms with Crippen LogP contribution in [-0.4, -0.2) is 58.6 Å². The highest BCUT2D eigenvalue weighted by atomic mass is 16.6. The minimum atomic E-state index is -1.22. The number of amides is 4. The summed E-state index contributed by atoms with van der Waals surface area (Å²) in [4.78, 5) is 52.4. The van der Waals surface area contributed by atoms with E-state index in [2.05, 4.69) is 10.6 Å². The Morgan fingerprint density at radius 1 is 1.00 bits per heavy atom. The van der Waals surface area contributed by atoms with Gasteiger partial charge < -0.3 is 31.1 Å². The molecule has 200 valence electrons. The minimum Gasteiger partial charge on any atom is -0.444 e. The number of nitrogens with zero attached hydrogens (tertiary/aromatic N) is 1. The molecule has 2 unspecified atom stereocenters. The van der Waals surface area contributed by atoms with Crippen molar-refractivity contribution in [2.75, 3.05) is 13.2 Å². The van der Waals surface area contributed by atoms with Crippen LogP contribution in [0, 0.1) is 0 Å². The van der Waals surface area contributed by atoms with Crippen molar-refractivity contribution in [1.29, 1.82) is 0 Å². The molecule has 5 N–H and O–H groups in total. The van der Waals surface area contributed by atoms with Crippen LogP contribution in [0.25, 0.3) is 0 Å². The van der Waals surface area contributed by atoms with E-state index in [1.165, 1.54) is 4.90 Å². The molecule has 2 rings (SSSR count). The lowest BCUT2D eigenvalue weighted by Crippen LogP contribution is -2.53. The number of carbonyl (C=O) groups excluding carboxylic acids is 4. The van der Waals surface area contributed by atoms with Crippen LogP contribution >= 0.6 is 0 Å². The van der Waals surface area contributed by atoms with Gasteiger partial charge in [0.05, 0.1) is 6.61 Å². The van der Waals surface area contributed by atoms with E-state index in [-0.39, 0.29) is 25.9 Å². The van der Waals surface area contributed by atoms with Crippen molar-refractivity contribution in [3.05, 3.63) is 71.8 Å². The number of carbonyl (C=O) groups is 4. The van der Waals surface area contributed by atoms with Gasteiger partial charge in [-0.1, -0.05) is 60.7 Å². The summed E-state index contributed by atoms with van der Waals surface area (Å²) >= 11 is 0. The van der Waals surface area contributed by atoms with Gasteiger partial charge in [-0.3, -0.25) is 14.4 Å². The van der Waals surface area contributed by atoms with E-state index in [9.17, 15) is 24.3 Å². The molecule has 0 spiro atoms. The first kappa shape index (κ1) is 29.3. The molecular formula is C27H36N4O6. The van der Waals surface area contributed by atoms with E-state index in [0.717, 1.165) is 5.56 Å². The monoisotopic (exact) mass is 512 g/mol. The smallest absolute Gasteiger partial charge is 0.408 e. The van der Waals surface area contributed by atoms with Crippen LogP contribution in [0.1, 0.15) is 50.8 Å². The molecule has 10 nitrogen and oxygen atoms in total. The molecule has 0 aliphatic heterocycles. The topological polar surface area (TPSA) is 151 Å². The number of ether oxygens (including phenoxy) is 1. The highest BCUT2D eigenvalue weighted by Gasteiger charge is 2.36. The summed E-state index contributed by atoms with van der Waals surface area (Å²) in [6.45, 7) is 4.62. The van der Waals surface area contributed by atoms with Crippen molar-refractivity contribution in [1.82, 2.24) is 15.5 Å². The minimum absolute atomic E-state index is 0.109. The fourth-order valence-electron chi connectivity index (χ4n) is 3.66. The number of benzene rings is 2. The molecule has 10 heteroatoms. The number of primary amides is 1. The second-order valence-electron chi connectivity index (χ2n) is 9.48. The van der Waals surface area contributed by atoms with Gasteiger partial charge in [-0.15, -0.1) is 0 Å². The molecule has 2 aromatic carbocycles. The zero-order valence-corrected chi connectivity index (χ0v) is 21.5. The summed E-state index contributed by atoms with van der Waals surface area (Å²) in [5.74, 6) is -1.79. The molecule has 0 saturated carbocycles. The maximum absolute atomic E-state index is 13.8. The number of hydrogen-bond acceptors (Lipinski definition) is 6. The second kappa shape index (κ2) is 14.0. The van der Waals surface area contributed by atoms with E-state index < -0.39 is 48.1 Å². The first-order valence-electron chi connectivity index (χ1n) is 12.1. The third-order valence-corrected chi connectivity index (χ3v) is 5.28. The average molecular weight is 513 g/mol. The Bertz CT molecular complexity index is 1040. The van der Waals surface area contributed by atoms with Gasteiger partial charge in [-0.25, -0.2) is 4.79 Å². The number of rotatable bonds is 12. The van der Waals surface area contributed by atoms with E-state index in [4.69, 9.17) is 10.5 Å². The molecule has 37 heavy (non-hydrogen) atoms. The van der Waals surface area contributed by atoms with Crippen molar-refractivity contribution >= 4 is 23.8 Å². The second-order valence-corrected chi connectivity index (χ2v) is 9.48. The molecule has 0 aliphatic carbocycles. The first-order chi connectivity index (χ1) is 17.5. The van der Waals surface area contributed by atoms with Crippen LogP contribution in [-0.2, 0) is 25.7 Å². The van der Waals surface area contributed by atoms with E-state index in [0.29, 0.717) is 5.56 Å². The van der Waals surface area contributed by atoms with Gasteiger partial charge in [0, 0.05) is 19.5 Å². The lowest BCUT2D eigenvalue weighted by Gasteiger charge is -2.34. The Hall–Kier alpha value is -3.92. The van der Waals surface area contributed by atoms with Crippen molar-refractivity contribution < 1.29 is 29.0 Å². The number of nitrogens with two attached hydrogens (primary N) is 1. The highest BCUT2D eigenvalue weighted by molar-refractivity contribution is 5.92. The fraction of sp³-hybridized carbons (Fsp3) is 0.407. The van der Waals surface area contributed by atoms with Crippen molar-refractivity contribution in [2.45, 2.75) is 57.8 Å². The Balaban J connectivity index is 2.38. The van der Waals surface area contributed by atoms with E-state index in [1.807, 2.05) is 30.3 Å². The van der Waals surface area contributed by atoms with Crippen LogP contribution in [0.15, 0.2) is 60.7 Å². The molecular weight excluding hydrogens is 476 g/mol. The van der Waals surface area contributed by atoms with Crippen LogP contribution in [0.5, 0.6) is 0 Å². The summed E-state index contributed by atoms with van der Waals surface area (Å²) in [6.07, 6.45) is -1.15. The summed E-state index contributed by atoms with van der Waals surface area (Å²) in [5, 5.41) is 15.1. The summed E-state index contributed by atoms with van der Waals surface area (Å²) in [6, 6.07) is 15.6. The molecule has 0 radical (unpaired) electrons. The zero-order valence-electron chi connectivity index (χ0n) is 21.5. The van der Waals surface area contributed by atoms with Crippen LogP contribution in [0.3, 0.4) is 0 Å². The lowest BCUT2D eigenvalue weighted by atomic mass is 10.0. The van der Waals surface area contributed by atoms with Gasteiger partial charge in [0.25, 0.3) is 0 Å². The zero-order chi connectivity index (χ0) is 27.4. The maximum atomic E-state index is 13.8. The molecule has 0 aromatic heterocycles. The molecule has 2 atom stereocenters. The predicted molar refractivity (Wildman–Crippen MR) is 138 cm³/mol. The van der Waals surface area contributed by atoms with Crippen molar-refractivity contribution in [2.24, 2.45) is 5.73 Å². The van der Waals surface area contributed by atoms with Crippen molar-refractivity contribution in [3.63, 3.8) is 0 Å². The first-order valence-corrected chi connectivity index (χ1v) is 12.1. The molecule has 0 saturated heterocycles. The number of alkyl carbamates (subject to hydrolysis) is 1. The predicted octanol–water partition coefficient (Wildman–Crippen LogP) is 2.02. The molecule has 0 bridgehead atoms. The quantitative estimate of drug-likeness (QED) is 0.342. The van der Waals surface area contributed by atoms with Gasteiger partial charge >= 0.3 is 6.09 Å². The normalized spacial score (nSPS) is 12.6.